The monoisotopic (exact) mass is 293 g/mol. The molecule has 0 atom stereocenters. The number of carbonyl (C=O) groups is 2. The third-order valence-electron chi connectivity index (χ3n) is 3.72. The molecular formula is C14H23N5O2. The molecule has 1 fully saturated rings. The Hall–Kier alpha value is -2.05. The standard InChI is InChI=1S/C14H23N5O2/c1-3-19-9-11(12(18-19)13(20)15-2)17-14(21)16-10-7-5-4-6-8-10/h9-10H,3-8H2,1-2H3,(H,15,20)(H2,16,17,21). The smallest absolute Gasteiger partial charge is 0.319 e. The van der Waals surface area contributed by atoms with Crippen molar-refractivity contribution in [1.29, 1.82) is 0 Å². The highest BCUT2D eigenvalue weighted by atomic mass is 16.2. The number of carbonyl (C=O) groups excluding carboxylic acids is 2. The highest BCUT2D eigenvalue weighted by Crippen LogP contribution is 2.18. The van der Waals surface area contributed by atoms with Gasteiger partial charge in [0, 0.05) is 25.8 Å². The number of nitrogens with zero attached hydrogens (tertiary/aromatic N) is 2. The fourth-order valence-electron chi connectivity index (χ4n) is 2.55. The first-order chi connectivity index (χ1) is 10.1. The summed E-state index contributed by atoms with van der Waals surface area (Å²) in [5.74, 6) is -0.310. The van der Waals surface area contributed by atoms with Crippen molar-refractivity contribution in [2.75, 3.05) is 12.4 Å². The van der Waals surface area contributed by atoms with Crippen LogP contribution in [0.4, 0.5) is 10.5 Å². The predicted octanol–water partition coefficient (Wildman–Crippen LogP) is 1.72. The molecule has 1 aliphatic carbocycles. The zero-order valence-electron chi connectivity index (χ0n) is 12.6. The average Bonchev–Trinajstić information content (AvgIpc) is 2.90. The van der Waals surface area contributed by atoms with Crippen LogP contribution in [-0.4, -0.2) is 34.8 Å². The van der Waals surface area contributed by atoms with Crippen molar-refractivity contribution in [2.45, 2.75) is 51.6 Å². The van der Waals surface area contributed by atoms with E-state index in [2.05, 4.69) is 21.0 Å². The van der Waals surface area contributed by atoms with Crippen LogP contribution in [0.25, 0.3) is 0 Å². The molecule has 21 heavy (non-hydrogen) atoms. The number of aryl methyl sites for hydroxylation is 1. The number of nitrogens with one attached hydrogen (secondary N) is 3. The Morgan fingerprint density at radius 1 is 1.33 bits per heavy atom. The van der Waals surface area contributed by atoms with Crippen molar-refractivity contribution in [1.82, 2.24) is 20.4 Å². The molecule has 116 valence electrons. The van der Waals surface area contributed by atoms with E-state index in [-0.39, 0.29) is 23.7 Å². The van der Waals surface area contributed by atoms with Crippen LogP contribution >= 0.6 is 0 Å². The summed E-state index contributed by atoms with van der Waals surface area (Å²) in [5, 5.41) is 12.4. The second kappa shape index (κ2) is 7.10. The minimum Gasteiger partial charge on any atom is -0.354 e. The number of rotatable bonds is 4. The summed E-state index contributed by atoms with van der Waals surface area (Å²) >= 11 is 0. The van der Waals surface area contributed by atoms with Gasteiger partial charge >= 0.3 is 6.03 Å². The quantitative estimate of drug-likeness (QED) is 0.789. The molecule has 0 spiro atoms. The van der Waals surface area contributed by atoms with Crippen molar-refractivity contribution in [3.05, 3.63) is 11.9 Å². The Kier molecular flexibility index (Phi) is 5.19. The summed E-state index contributed by atoms with van der Waals surface area (Å²) in [6.45, 7) is 2.56. The molecule has 7 heteroatoms. The highest BCUT2D eigenvalue weighted by Gasteiger charge is 2.19. The summed E-state index contributed by atoms with van der Waals surface area (Å²) in [6.07, 6.45) is 7.26. The third-order valence-corrected chi connectivity index (χ3v) is 3.72. The van der Waals surface area contributed by atoms with E-state index in [4.69, 9.17) is 0 Å². The van der Waals surface area contributed by atoms with Crippen LogP contribution in [0.3, 0.4) is 0 Å². The van der Waals surface area contributed by atoms with Crippen molar-refractivity contribution in [2.24, 2.45) is 0 Å². The van der Waals surface area contributed by atoms with Gasteiger partial charge in [0.1, 0.15) is 0 Å². The van der Waals surface area contributed by atoms with Crippen LogP contribution in [0.1, 0.15) is 49.5 Å². The summed E-state index contributed by atoms with van der Waals surface area (Å²) in [4.78, 5) is 23.8. The van der Waals surface area contributed by atoms with Gasteiger partial charge in [-0.3, -0.25) is 9.48 Å². The molecular weight excluding hydrogens is 270 g/mol. The lowest BCUT2D eigenvalue weighted by Gasteiger charge is -2.22. The zero-order valence-corrected chi connectivity index (χ0v) is 12.6. The van der Waals surface area contributed by atoms with E-state index in [1.807, 2.05) is 6.92 Å². The number of hydrogen-bond acceptors (Lipinski definition) is 3. The fraction of sp³-hybridized carbons (Fsp3) is 0.643. The fourth-order valence-corrected chi connectivity index (χ4v) is 2.55. The summed E-state index contributed by atoms with van der Waals surface area (Å²) in [5.41, 5.74) is 0.669. The largest absolute Gasteiger partial charge is 0.354 e. The van der Waals surface area contributed by atoms with E-state index < -0.39 is 0 Å². The Labute approximate surface area is 124 Å². The molecule has 7 nitrogen and oxygen atoms in total. The van der Waals surface area contributed by atoms with Crippen LogP contribution in [0.5, 0.6) is 0 Å². The molecule has 3 N–H and O–H groups in total. The number of hydrogen-bond donors (Lipinski definition) is 3. The van der Waals surface area contributed by atoms with Gasteiger partial charge in [0.05, 0.1) is 5.69 Å². The molecule has 1 saturated carbocycles. The van der Waals surface area contributed by atoms with E-state index in [0.29, 0.717) is 12.2 Å². The Bertz CT molecular complexity index is 505. The summed E-state index contributed by atoms with van der Waals surface area (Å²) in [7, 11) is 1.54. The lowest BCUT2D eigenvalue weighted by molar-refractivity contribution is 0.0958. The van der Waals surface area contributed by atoms with Gasteiger partial charge in [0.15, 0.2) is 5.69 Å². The molecule has 0 radical (unpaired) electrons. The first kappa shape index (κ1) is 15.3. The Morgan fingerprint density at radius 3 is 2.67 bits per heavy atom. The van der Waals surface area contributed by atoms with E-state index in [9.17, 15) is 9.59 Å². The Balaban J connectivity index is 2.01. The average molecular weight is 293 g/mol. The maximum absolute atomic E-state index is 12.1. The predicted molar refractivity (Wildman–Crippen MR) is 80.3 cm³/mol. The van der Waals surface area contributed by atoms with Crippen LogP contribution in [0.2, 0.25) is 0 Å². The number of amides is 3. The maximum Gasteiger partial charge on any atom is 0.319 e. The molecule has 2 rings (SSSR count). The van der Waals surface area contributed by atoms with Crippen molar-refractivity contribution < 1.29 is 9.59 Å². The van der Waals surface area contributed by atoms with Crippen LogP contribution in [0.15, 0.2) is 6.20 Å². The van der Waals surface area contributed by atoms with E-state index in [0.717, 1.165) is 25.7 Å². The summed E-state index contributed by atoms with van der Waals surface area (Å²) < 4.78 is 1.63. The minimum absolute atomic E-state index is 0.225. The minimum atomic E-state index is -0.310. The van der Waals surface area contributed by atoms with Crippen LogP contribution in [-0.2, 0) is 6.54 Å². The van der Waals surface area contributed by atoms with Crippen molar-refractivity contribution >= 4 is 17.6 Å². The maximum atomic E-state index is 12.1. The zero-order chi connectivity index (χ0) is 15.2. The molecule has 1 heterocycles. The van der Waals surface area contributed by atoms with Gasteiger partial charge in [-0.25, -0.2) is 4.79 Å². The second-order valence-corrected chi connectivity index (χ2v) is 5.26. The first-order valence-electron chi connectivity index (χ1n) is 7.51. The molecule has 0 aromatic carbocycles. The molecule has 1 aliphatic rings. The lowest BCUT2D eigenvalue weighted by Crippen LogP contribution is -2.39. The van der Waals surface area contributed by atoms with E-state index >= 15 is 0 Å². The van der Waals surface area contributed by atoms with Gasteiger partial charge in [-0.2, -0.15) is 5.10 Å². The van der Waals surface area contributed by atoms with E-state index in [1.165, 1.54) is 6.42 Å². The normalized spacial score (nSPS) is 15.5. The SMILES string of the molecule is CCn1cc(NC(=O)NC2CCCCC2)c(C(=O)NC)n1. The highest BCUT2D eigenvalue weighted by molar-refractivity contribution is 6.01. The lowest BCUT2D eigenvalue weighted by atomic mass is 9.96. The van der Waals surface area contributed by atoms with Crippen LogP contribution < -0.4 is 16.0 Å². The van der Waals surface area contributed by atoms with Crippen molar-refractivity contribution in [3.63, 3.8) is 0 Å². The molecule has 1 aromatic rings. The van der Waals surface area contributed by atoms with Gasteiger partial charge < -0.3 is 16.0 Å². The number of aromatic nitrogens is 2. The molecule has 0 aliphatic heterocycles. The van der Waals surface area contributed by atoms with Gasteiger partial charge in [-0.15, -0.1) is 0 Å². The van der Waals surface area contributed by atoms with Gasteiger partial charge in [0.25, 0.3) is 5.91 Å². The molecule has 3 amide bonds. The van der Waals surface area contributed by atoms with Gasteiger partial charge in [-0.1, -0.05) is 19.3 Å². The van der Waals surface area contributed by atoms with Gasteiger partial charge in [-0.05, 0) is 19.8 Å². The van der Waals surface area contributed by atoms with Crippen LogP contribution in [0, 0.1) is 0 Å². The Morgan fingerprint density at radius 2 is 2.05 bits per heavy atom. The van der Waals surface area contributed by atoms with Gasteiger partial charge in [0.2, 0.25) is 0 Å². The third kappa shape index (κ3) is 3.96. The number of anilines is 1. The first-order valence-corrected chi connectivity index (χ1v) is 7.51. The topological polar surface area (TPSA) is 88.0 Å². The summed E-state index contributed by atoms with van der Waals surface area (Å²) in [6, 6.07) is -0.0499. The second-order valence-electron chi connectivity index (χ2n) is 5.26. The molecule has 1 aromatic heterocycles. The van der Waals surface area contributed by atoms with Crippen molar-refractivity contribution in [3.8, 4) is 0 Å². The molecule has 0 bridgehead atoms. The number of urea groups is 1. The molecule has 0 saturated heterocycles. The van der Waals surface area contributed by atoms with E-state index in [1.54, 1.807) is 17.9 Å². The molecule has 0 unspecified atom stereocenters.